The first kappa shape index (κ1) is 24.8. The first-order chi connectivity index (χ1) is 16.7. The van der Waals surface area contributed by atoms with Gasteiger partial charge in [-0.25, -0.2) is 12.8 Å². The maximum Gasteiger partial charge on any atom is 0.248 e. The third-order valence-corrected chi connectivity index (χ3v) is 8.20. The third-order valence-electron chi connectivity index (χ3n) is 6.14. The molecule has 0 bridgehead atoms. The average Bonchev–Trinajstić information content (AvgIpc) is 3.24. The topological polar surface area (TPSA) is 92.5 Å². The van der Waals surface area contributed by atoms with Gasteiger partial charge in [0.1, 0.15) is 11.5 Å². The van der Waals surface area contributed by atoms with E-state index in [0.717, 1.165) is 16.7 Å². The van der Waals surface area contributed by atoms with Gasteiger partial charge in [-0.3, -0.25) is 4.79 Å². The molecular formula is C26H28FN3O4S. The van der Waals surface area contributed by atoms with E-state index in [4.69, 9.17) is 4.52 Å². The first-order valence-electron chi connectivity index (χ1n) is 11.5. The second-order valence-electron chi connectivity index (χ2n) is 8.73. The number of piperidine rings is 1. The van der Waals surface area contributed by atoms with E-state index in [-0.39, 0.29) is 41.4 Å². The van der Waals surface area contributed by atoms with Crippen molar-refractivity contribution in [2.24, 2.45) is 5.92 Å². The van der Waals surface area contributed by atoms with Crippen LogP contribution in [0.3, 0.4) is 0 Å². The molecule has 1 aliphatic heterocycles. The first-order valence-corrected chi connectivity index (χ1v) is 12.9. The number of sulfonamides is 1. The smallest absolute Gasteiger partial charge is 0.248 e. The summed E-state index contributed by atoms with van der Waals surface area (Å²) >= 11 is 0. The molecule has 4 rings (SSSR count). The Labute approximate surface area is 204 Å². The second kappa shape index (κ2) is 10.5. The molecule has 2 heterocycles. The molecule has 184 valence electrons. The number of carbonyl (C=O) groups excluding carboxylic acids is 1. The Morgan fingerprint density at radius 2 is 1.74 bits per heavy atom. The van der Waals surface area contributed by atoms with Crippen LogP contribution in [0.1, 0.15) is 41.0 Å². The molecule has 0 radical (unpaired) electrons. The van der Waals surface area contributed by atoms with E-state index >= 15 is 0 Å². The van der Waals surface area contributed by atoms with Crippen molar-refractivity contribution in [3.05, 3.63) is 82.5 Å². The lowest BCUT2D eigenvalue weighted by Gasteiger charge is -2.30. The molecule has 2 aromatic carbocycles. The van der Waals surface area contributed by atoms with Gasteiger partial charge in [0.2, 0.25) is 15.9 Å². The van der Waals surface area contributed by atoms with Crippen LogP contribution in [0.2, 0.25) is 0 Å². The number of nitrogens with zero attached hydrogens (tertiary/aromatic N) is 2. The maximum atomic E-state index is 13.4. The number of halogens is 1. The summed E-state index contributed by atoms with van der Waals surface area (Å²) in [5.74, 6) is -0.562. The highest BCUT2D eigenvalue weighted by molar-refractivity contribution is 7.89. The summed E-state index contributed by atoms with van der Waals surface area (Å²) in [6.07, 6.45) is 4.23. The highest BCUT2D eigenvalue weighted by Gasteiger charge is 2.35. The Kier molecular flexibility index (Phi) is 7.47. The fourth-order valence-electron chi connectivity index (χ4n) is 4.07. The number of amides is 1. The van der Waals surface area contributed by atoms with Crippen molar-refractivity contribution >= 4 is 28.1 Å². The summed E-state index contributed by atoms with van der Waals surface area (Å²) in [5, 5.41) is 6.75. The minimum absolute atomic E-state index is 0.0556. The summed E-state index contributed by atoms with van der Waals surface area (Å²) in [6, 6.07) is 13.8. The maximum absolute atomic E-state index is 13.4. The lowest BCUT2D eigenvalue weighted by Crippen LogP contribution is -2.43. The van der Waals surface area contributed by atoms with E-state index in [1.54, 1.807) is 31.2 Å². The van der Waals surface area contributed by atoms with E-state index in [1.807, 2.05) is 31.2 Å². The molecule has 0 saturated carbocycles. The molecule has 0 atom stereocenters. The highest BCUT2D eigenvalue weighted by Crippen LogP contribution is 2.29. The molecule has 1 amide bonds. The Balaban J connectivity index is 1.39. The molecule has 0 aliphatic carbocycles. The molecule has 0 unspecified atom stereocenters. The molecule has 1 saturated heterocycles. The van der Waals surface area contributed by atoms with Gasteiger partial charge < -0.3 is 9.84 Å². The van der Waals surface area contributed by atoms with Crippen LogP contribution in [0.25, 0.3) is 12.2 Å². The zero-order valence-corrected chi connectivity index (χ0v) is 20.5. The van der Waals surface area contributed by atoms with Crippen LogP contribution in [-0.2, 0) is 21.4 Å². The van der Waals surface area contributed by atoms with Gasteiger partial charge in [-0.1, -0.05) is 53.2 Å². The number of aryl methyl sites for hydroxylation is 2. The van der Waals surface area contributed by atoms with Crippen molar-refractivity contribution in [1.82, 2.24) is 14.8 Å². The Bertz CT molecular complexity index is 1310. The van der Waals surface area contributed by atoms with Crippen molar-refractivity contribution in [3.8, 4) is 0 Å². The van der Waals surface area contributed by atoms with Crippen LogP contribution in [0.5, 0.6) is 0 Å². The summed E-state index contributed by atoms with van der Waals surface area (Å²) < 4.78 is 46.6. The Morgan fingerprint density at radius 3 is 2.40 bits per heavy atom. The molecule has 1 aromatic heterocycles. The van der Waals surface area contributed by atoms with Crippen molar-refractivity contribution in [2.75, 3.05) is 13.1 Å². The zero-order valence-electron chi connectivity index (χ0n) is 19.7. The number of rotatable bonds is 7. The second-order valence-corrected chi connectivity index (χ2v) is 10.6. The van der Waals surface area contributed by atoms with Crippen LogP contribution in [-0.4, -0.2) is 36.9 Å². The SMILES string of the molecule is Cc1ccc(/C=C/c2onc(C)c2S(=O)(=O)N2CCC(C(=O)NCc3ccc(F)cc3)CC2)cc1. The fraction of sp³-hybridized carbons (Fsp3) is 0.308. The number of benzene rings is 2. The van der Waals surface area contributed by atoms with Gasteiger partial charge in [-0.05, 0) is 56.0 Å². The van der Waals surface area contributed by atoms with Crippen molar-refractivity contribution in [3.63, 3.8) is 0 Å². The molecule has 0 spiro atoms. The molecular weight excluding hydrogens is 469 g/mol. The average molecular weight is 498 g/mol. The van der Waals surface area contributed by atoms with Crippen molar-refractivity contribution in [1.29, 1.82) is 0 Å². The van der Waals surface area contributed by atoms with Gasteiger partial charge in [0.05, 0.1) is 0 Å². The molecule has 9 heteroatoms. The predicted molar refractivity (Wildman–Crippen MR) is 131 cm³/mol. The van der Waals surface area contributed by atoms with Crippen LogP contribution in [0, 0.1) is 25.6 Å². The van der Waals surface area contributed by atoms with Gasteiger partial charge in [0.15, 0.2) is 10.7 Å². The van der Waals surface area contributed by atoms with Crippen molar-refractivity contribution < 1.29 is 22.1 Å². The lowest BCUT2D eigenvalue weighted by atomic mass is 9.97. The fourth-order valence-corrected chi connectivity index (χ4v) is 5.79. The molecule has 7 nitrogen and oxygen atoms in total. The number of aromatic nitrogens is 1. The third kappa shape index (κ3) is 5.86. The Morgan fingerprint density at radius 1 is 1.09 bits per heavy atom. The van der Waals surface area contributed by atoms with E-state index in [1.165, 1.54) is 16.4 Å². The van der Waals surface area contributed by atoms with Crippen LogP contribution in [0.15, 0.2) is 57.9 Å². The zero-order chi connectivity index (χ0) is 25.0. The standard InChI is InChI=1S/C26H28FN3O4S/c1-18-3-5-20(6-4-18)9-12-24-25(19(2)29-34-24)35(32,33)30-15-13-22(14-16-30)26(31)28-17-21-7-10-23(27)11-8-21/h3-12,22H,13-17H2,1-2H3,(H,28,31)/b12-9+. The Hall–Kier alpha value is -3.30. The normalized spacial score (nSPS) is 15.5. The van der Waals surface area contributed by atoms with Gasteiger partial charge in [0.25, 0.3) is 0 Å². The molecule has 1 fully saturated rings. The summed E-state index contributed by atoms with van der Waals surface area (Å²) in [5.41, 5.74) is 3.15. The molecule has 1 aliphatic rings. The van der Waals surface area contributed by atoms with E-state index < -0.39 is 10.0 Å². The minimum atomic E-state index is -3.84. The quantitative estimate of drug-likeness (QED) is 0.525. The molecule has 3 aromatic rings. The van der Waals surface area contributed by atoms with Gasteiger partial charge >= 0.3 is 0 Å². The summed E-state index contributed by atoms with van der Waals surface area (Å²) in [4.78, 5) is 12.6. The van der Waals surface area contributed by atoms with E-state index in [0.29, 0.717) is 25.1 Å². The molecule has 1 N–H and O–H groups in total. The minimum Gasteiger partial charge on any atom is -0.355 e. The largest absolute Gasteiger partial charge is 0.355 e. The van der Waals surface area contributed by atoms with E-state index in [9.17, 15) is 17.6 Å². The number of nitrogens with one attached hydrogen (secondary N) is 1. The highest BCUT2D eigenvalue weighted by atomic mass is 32.2. The van der Waals surface area contributed by atoms with Gasteiger partial charge in [0, 0.05) is 25.6 Å². The van der Waals surface area contributed by atoms with E-state index in [2.05, 4.69) is 10.5 Å². The lowest BCUT2D eigenvalue weighted by molar-refractivity contribution is -0.126. The number of hydrogen-bond acceptors (Lipinski definition) is 5. The summed E-state index contributed by atoms with van der Waals surface area (Å²) in [6.45, 7) is 4.35. The molecule has 35 heavy (non-hydrogen) atoms. The number of hydrogen-bond donors (Lipinski definition) is 1. The predicted octanol–water partition coefficient (Wildman–Crippen LogP) is 4.32. The van der Waals surface area contributed by atoms with Crippen molar-refractivity contribution in [2.45, 2.75) is 38.1 Å². The van der Waals surface area contributed by atoms with Crippen LogP contribution >= 0.6 is 0 Å². The number of carbonyl (C=O) groups is 1. The van der Waals surface area contributed by atoms with Crippen LogP contribution in [0.4, 0.5) is 4.39 Å². The summed E-state index contributed by atoms with van der Waals surface area (Å²) in [7, 11) is -3.84. The monoisotopic (exact) mass is 497 g/mol. The van der Waals surface area contributed by atoms with Gasteiger partial charge in [-0.15, -0.1) is 0 Å². The van der Waals surface area contributed by atoms with Gasteiger partial charge in [-0.2, -0.15) is 4.31 Å². The van der Waals surface area contributed by atoms with Crippen LogP contribution < -0.4 is 5.32 Å².